The average molecular weight is 289 g/mol. The van der Waals surface area contributed by atoms with Crippen molar-refractivity contribution in [3.63, 3.8) is 0 Å². The highest BCUT2D eigenvalue weighted by molar-refractivity contribution is 6.05. The van der Waals surface area contributed by atoms with Gasteiger partial charge in [0.1, 0.15) is 18.5 Å². The molecule has 0 radical (unpaired) electrons. The van der Waals surface area contributed by atoms with E-state index in [1.165, 1.54) is 0 Å². The molecule has 1 aromatic carbocycles. The quantitative estimate of drug-likeness (QED) is 0.658. The zero-order valence-corrected chi connectivity index (χ0v) is 12.4. The zero-order valence-electron chi connectivity index (χ0n) is 12.4. The Hall–Kier alpha value is -2.18. The molecule has 1 N–H and O–H groups in total. The van der Waals surface area contributed by atoms with E-state index in [1.807, 2.05) is 44.4 Å². The van der Waals surface area contributed by atoms with Crippen molar-refractivity contribution in [1.82, 2.24) is 15.3 Å². The maximum absolute atomic E-state index is 12.3. The van der Waals surface area contributed by atoms with Gasteiger partial charge >= 0.3 is 0 Å². The van der Waals surface area contributed by atoms with Gasteiger partial charge in [0.15, 0.2) is 0 Å². The summed E-state index contributed by atoms with van der Waals surface area (Å²) in [7, 11) is 3.67. The Morgan fingerprint density at radius 2 is 1.95 bits per heavy atom. The molecule has 1 aromatic rings. The maximum atomic E-state index is 12.3. The van der Waals surface area contributed by atoms with Crippen LogP contribution in [-0.4, -0.2) is 48.6 Å². The Balaban J connectivity index is 2.18. The van der Waals surface area contributed by atoms with Gasteiger partial charge in [0, 0.05) is 0 Å². The smallest absolute Gasteiger partial charge is 0.294 e. The fourth-order valence-corrected chi connectivity index (χ4v) is 1.76. The van der Waals surface area contributed by atoms with Crippen molar-refractivity contribution in [1.29, 1.82) is 0 Å². The second-order valence-corrected chi connectivity index (χ2v) is 5.03. The largest absolute Gasteiger partial charge is 0.320 e. The third-order valence-corrected chi connectivity index (χ3v) is 3.14. The molecule has 21 heavy (non-hydrogen) atoms. The minimum absolute atomic E-state index is 0.108. The van der Waals surface area contributed by atoms with Crippen LogP contribution < -0.4 is 5.32 Å². The number of carbonyl (C=O) groups is 2. The van der Waals surface area contributed by atoms with E-state index in [0.29, 0.717) is 0 Å². The Bertz CT molecular complexity index is 555. The Kier molecular flexibility index (Phi) is 4.72. The fraction of sp³-hybridized carbons (Fsp3) is 0.333. The number of amides is 2. The molecule has 2 rings (SSSR count). The van der Waals surface area contributed by atoms with Gasteiger partial charge in [0.2, 0.25) is 5.91 Å². The molecule has 1 heterocycles. The van der Waals surface area contributed by atoms with Crippen molar-refractivity contribution in [2.45, 2.75) is 13.2 Å². The molecule has 0 spiro atoms. The molecule has 1 fully saturated rings. The first kappa shape index (κ1) is 15.2. The number of hydroxylamine groups is 2. The van der Waals surface area contributed by atoms with Crippen molar-refractivity contribution in [3.8, 4) is 0 Å². The molecule has 1 aliphatic heterocycles. The van der Waals surface area contributed by atoms with Crippen molar-refractivity contribution < 1.29 is 14.4 Å². The zero-order chi connectivity index (χ0) is 15.4. The van der Waals surface area contributed by atoms with Gasteiger partial charge in [-0.2, -0.15) is 0 Å². The molecule has 6 nitrogen and oxygen atoms in total. The number of hydrogen-bond acceptors (Lipinski definition) is 4. The number of benzene rings is 1. The Labute approximate surface area is 123 Å². The third kappa shape index (κ3) is 3.90. The Morgan fingerprint density at radius 1 is 1.29 bits per heavy atom. The number of rotatable bonds is 4. The van der Waals surface area contributed by atoms with Gasteiger partial charge < -0.3 is 5.32 Å². The van der Waals surface area contributed by atoms with Crippen LogP contribution in [0.2, 0.25) is 0 Å². The van der Waals surface area contributed by atoms with Gasteiger partial charge in [0.05, 0.1) is 0 Å². The van der Waals surface area contributed by atoms with Crippen LogP contribution in [0.15, 0.2) is 36.0 Å². The van der Waals surface area contributed by atoms with E-state index in [4.69, 9.17) is 4.84 Å². The van der Waals surface area contributed by atoms with Gasteiger partial charge in [-0.3, -0.25) is 19.3 Å². The summed E-state index contributed by atoms with van der Waals surface area (Å²) in [4.78, 5) is 31.4. The summed E-state index contributed by atoms with van der Waals surface area (Å²) >= 11 is 0. The summed E-state index contributed by atoms with van der Waals surface area (Å²) < 4.78 is 0. The summed E-state index contributed by atoms with van der Waals surface area (Å²) in [5.41, 5.74) is 1.05. The molecule has 0 saturated carbocycles. The summed E-state index contributed by atoms with van der Waals surface area (Å²) in [5, 5.41) is 3.68. The van der Waals surface area contributed by atoms with Gasteiger partial charge in [0.25, 0.3) is 5.91 Å². The standard InChI is InChI=1S/C15H19N3O3/c1-11(17(2)3)21-18-10-14(19)16-13(15(18)20)9-12-7-5-4-6-8-12/h4-9,11H,10H2,1-3H3,(H,16,19)/b13-9+. The average Bonchev–Trinajstić information content (AvgIpc) is 2.44. The molecule has 6 heteroatoms. The monoisotopic (exact) mass is 289 g/mol. The van der Waals surface area contributed by atoms with Crippen molar-refractivity contribution in [2.75, 3.05) is 20.6 Å². The summed E-state index contributed by atoms with van der Waals surface area (Å²) in [6, 6.07) is 9.33. The first-order valence-electron chi connectivity index (χ1n) is 6.69. The maximum Gasteiger partial charge on any atom is 0.294 e. The van der Waals surface area contributed by atoms with E-state index in [1.54, 1.807) is 17.9 Å². The molecule has 0 bridgehead atoms. The minimum atomic E-state index is -0.354. The summed E-state index contributed by atoms with van der Waals surface area (Å²) in [6.45, 7) is 1.70. The predicted molar refractivity (Wildman–Crippen MR) is 78.5 cm³/mol. The summed E-state index contributed by atoms with van der Waals surface area (Å²) in [5.74, 6) is -0.630. The molecule has 2 amide bonds. The Morgan fingerprint density at radius 3 is 2.57 bits per heavy atom. The van der Waals surface area contributed by atoms with Crippen LogP contribution in [0.4, 0.5) is 0 Å². The van der Waals surface area contributed by atoms with Crippen molar-refractivity contribution >= 4 is 17.9 Å². The van der Waals surface area contributed by atoms with Gasteiger partial charge in [-0.1, -0.05) is 30.3 Å². The number of carbonyl (C=O) groups excluding carboxylic acids is 2. The van der Waals surface area contributed by atoms with E-state index in [0.717, 1.165) is 10.6 Å². The van der Waals surface area contributed by atoms with Gasteiger partial charge in [-0.05, 0) is 32.7 Å². The molecule has 0 aliphatic carbocycles. The van der Waals surface area contributed by atoms with Crippen LogP contribution in [0.1, 0.15) is 12.5 Å². The van der Waals surface area contributed by atoms with Crippen LogP contribution in [0.3, 0.4) is 0 Å². The van der Waals surface area contributed by atoms with Gasteiger partial charge in [-0.25, -0.2) is 5.06 Å². The third-order valence-electron chi connectivity index (χ3n) is 3.14. The number of nitrogens with one attached hydrogen (secondary N) is 1. The summed E-state index contributed by atoms with van der Waals surface area (Å²) in [6.07, 6.45) is 1.33. The van der Waals surface area contributed by atoms with Crippen LogP contribution in [0, 0.1) is 0 Å². The highest BCUT2D eigenvalue weighted by Crippen LogP contribution is 2.13. The van der Waals surface area contributed by atoms with Crippen LogP contribution >= 0.6 is 0 Å². The van der Waals surface area contributed by atoms with E-state index in [2.05, 4.69) is 5.32 Å². The molecular weight excluding hydrogens is 270 g/mol. The predicted octanol–water partition coefficient (Wildman–Crippen LogP) is 0.825. The van der Waals surface area contributed by atoms with Gasteiger partial charge in [-0.15, -0.1) is 0 Å². The molecule has 1 unspecified atom stereocenters. The second-order valence-electron chi connectivity index (χ2n) is 5.03. The first-order chi connectivity index (χ1) is 9.97. The van der Waals surface area contributed by atoms with Crippen LogP contribution in [0.25, 0.3) is 6.08 Å². The number of hydrogen-bond donors (Lipinski definition) is 1. The highest BCUT2D eigenvalue weighted by Gasteiger charge is 2.30. The fourth-order valence-electron chi connectivity index (χ4n) is 1.76. The lowest BCUT2D eigenvalue weighted by Gasteiger charge is -2.31. The van der Waals surface area contributed by atoms with E-state index < -0.39 is 0 Å². The first-order valence-corrected chi connectivity index (χ1v) is 6.69. The molecule has 0 aromatic heterocycles. The van der Waals surface area contributed by atoms with E-state index in [9.17, 15) is 9.59 Å². The lowest BCUT2D eigenvalue weighted by Crippen LogP contribution is -2.52. The molecule has 1 aliphatic rings. The van der Waals surface area contributed by atoms with E-state index >= 15 is 0 Å². The minimum Gasteiger partial charge on any atom is -0.320 e. The number of piperazine rings is 1. The molecule has 1 saturated heterocycles. The van der Waals surface area contributed by atoms with Crippen molar-refractivity contribution in [3.05, 3.63) is 41.6 Å². The normalized spacial score (nSPS) is 19.0. The van der Waals surface area contributed by atoms with E-state index in [-0.39, 0.29) is 30.3 Å². The topological polar surface area (TPSA) is 61.9 Å². The van der Waals surface area contributed by atoms with Crippen LogP contribution in [0.5, 0.6) is 0 Å². The van der Waals surface area contributed by atoms with Crippen LogP contribution in [-0.2, 0) is 14.4 Å². The second kappa shape index (κ2) is 6.51. The SMILES string of the molecule is CC(ON1CC(=O)N/C(=C/c2ccccc2)C1=O)N(C)C. The molecule has 112 valence electrons. The van der Waals surface area contributed by atoms with Crippen molar-refractivity contribution in [2.24, 2.45) is 0 Å². The molecular formula is C15H19N3O3. The molecule has 1 atom stereocenters. The lowest BCUT2D eigenvalue weighted by molar-refractivity contribution is -0.224. The highest BCUT2D eigenvalue weighted by atomic mass is 16.7. The lowest BCUT2D eigenvalue weighted by atomic mass is 10.1. The number of nitrogens with zero attached hydrogens (tertiary/aromatic N) is 2.